The van der Waals surface area contributed by atoms with Gasteiger partial charge in [-0.2, -0.15) is 0 Å². The van der Waals surface area contributed by atoms with Crippen LogP contribution in [0.15, 0.2) is 71.6 Å². The number of rotatable bonds is 5. The average molecular weight is 435 g/mol. The number of hydrogen-bond donors (Lipinski definition) is 1. The molecule has 0 radical (unpaired) electrons. The van der Waals surface area contributed by atoms with E-state index in [4.69, 9.17) is 0 Å². The highest BCUT2D eigenvalue weighted by molar-refractivity contribution is 7.93. The number of amides is 1. The Morgan fingerprint density at radius 2 is 1.68 bits per heavy atom. The average Bonchev–Trinajstić information content (AvgIpc) is 2.76. The highest BCUT2D eigenvalue weighted by Crippen LogP contribution is 2.43. The number of nitrogens with one attached hydrogen (secondary N) is 1. The minimum Gasteiger partial charge on any atom is -0.350 e. The maximum absolute atomic E-state index is 13.4. The van der Waals surface area contributed by atoms with E-state index in [0.717, 1.165) is 22.3 Å². The number of benzene rings is 3. The van der Waals surface area contributed by atoms with Gasteiger partial charge in [-0.3, -0.25) is 9.10 Å². The Bertz CT molecular complexity index is 1230. The summed E-state index contributed by atoms with van der Waals surface area (Å²) < 4.78 is 28.0. The van der Waals surface area contributed by atoms with E-state index in [9.17, 15) is 13.2 Å². The molecular formula is C25H26N2O3S. The van der Waals surface area contributed by atoms with Crippen LogP contribution in [-0.2, 0) is 21.4 Å². The van der Waals surface area contributed by atoms with Gasteiger partial charge in [0.1, 0.15) is 6.54 Å². The van der Waals surface area contributed by atoms with Crippen molar-refractivity contribution in [1.82, 2.24) is 5.32 Å². The lowest BCUT2D eigenvalue weighted by molar-refractivity contribution is -0.119. The lowest BCUT2D eigenvalue weighted by Crippen LogP contribution is -2.42. The Hall–Kier alpha value is -3.12. The predicted molar refractivity (Wildman–Crippen MR) is 124 cm³/mol. The van der Waals surface area contributed by atoms with Gasteiger partial charge in [0.15, 0.2) is 0 Å². The number of fused-ring (bicyclic) bond motifs is 3. The van der Waals surface area contributed by atoms with Gasteiger partial charge in [0.2, 0.25) is 5.91 Å². The molecular weight excluding hydrogens is 408 g/mol. The van der Waals surface area contributed by atoms with E-state index in [2.05, 4.69) is 19.2 Å². The van der Waals surface area contributed by atoms with E-state index >= 15 is 0 Å². The van der Waals surface area contributed by atoms with Crippen LogP contribution in [0.2, 0.25) is 0 Å². The SMILES string of the molecule is Cc1ccc(CNC(=O)CN2c3ccc(C(C)C)cc3-c3ccccc3S2(=O)=O)cc1. The van der Waals surface area contributed by atoms with Gasteiger partial charge >= 0.3 is 0 Å². The van der Waals surface area contributed by atoms with Gasteiger partial charge in [0, 0.05) is 17.7 Å². The molecule has 1 N–H and O–H groups in total. The van der Waals surface area contributed by atoms with Crippen molar-refractivity contribution in [2.75, 3.05) is 10.8 Å². The minimum absolute atomic E-state index is 0.231. The van der Waals surface area contributed by atoms with E-state index in [1.165, 1.54) is 4.31 Å². The monoisotopic (exact) mass is 434 g/mol. The molecule has 31 heavy (non-hydrogen) atoms. The molecule has 3 aromatic rings. The van der Waals surface area contributed by atoms with Crippen molar-refractivity contribution in [1.29, 1.82) is 0 Å². The van der Waals surface area contributed by atoms with Crippen molar-refractivity contribution >= 4 is 21.6 Å². The first kappa shape index (κ1) is 21.1. The molecule has 0 atom stereocenters. The summed E-state index contributed by atoms with van der Waals surface area (Å²) in [5.74, 6) is -0.0373. The second-order valence-corrected chi connectivity index (χ2v) is 10.0. The first-order valence-electron chi connectivity index (χ1n) is 10.4. The van der Waals surface area contributed by atoms with Crippen LogP contribution in [0.5, 0.6) is 0 Å². The third-order valence-corrected chi connectivity index (χ3v) is 7.42. The highest BCUT2D eigenvalue weighted by atomic mass is 32.2. The summed E-state index contributed by atoms with van der Waals surface area (Å²) in [6.07, 6.45) is 0. The van der Waals surface area contributed by atoms with Crippen LogP contribution in [0.25, 0.3) is 11.1 Å². The van der Waals surface area contributed by atoms with Gasteiger partial charge in [0.05, 0.1) is 10.6 Å². The van der Waals surface area contributed by atoms with Crippen molar-refractivity contribution in [3.05, 3.63) is 83.4 Å². The molecule has 0 bridgehead atoms. The molecule has 1 aliphatic rings. The molecule has 6 heteroatoms. The summed E-state index contributed by atoms with van der Waals surface area (Å²) in [6.45, 7) is 6.29. The van der Waals surface area contributed by atoms with Gasteiger partial charge < -0.3 is 5.32 Å². The fourth-order valence-electron chi connectivity index (χ4n) is 3.77. The molecule has 0 fully saturated rings. The molecule has 1 heterocycles. The molecule has 3 aromatic carbocycles. The van der Waals surface area contributed by atoms with Gasteiger partial charge in [-0.1, -0.05) is 67.9 Å². The van der Waals surface area contributed by atoms with Crippen LogP contribution < -0.4 is 9.62 Å². The van der Waals surface area contributed by atoms with Crippen molar-refractivity contribution in [3.8, 4) is 11.1 Å². The summed E-state index contributed by atoms with van der Waals surface area (Å²) in [5, 5.41) is 2.84. The first-order valence-corrected chi connectivity index (χ1v) is 11.8. The molecule has 0 aromatic heterocycles. The number of hydrogen-bond acceptors (Lipinski definition) is 3. The van der Waals surface area contributed by atoms with E-state index in [1.807, 2.05) is 61.5 Å². The molecule has 0 spiro atoms. The summed E-state index contributed by atoms with van der Waals surface area (Å²) in [6, 6.07) is 20.6. The van der Waals surface area contributed by atoms with Gasteiger partial charge in [0.25, 0.3) is 10.0 Å². The Labute approximate surface area is 183 Å². The molecule has 4 rings (SSSR count). The Balaban J connectivity index is 1.66. The topological polar surface area (TPSA) is 66.5 Å². The highest BCUT2D eigenvalue weighted by Gasteiger charge is 2.36. The lowest BCUT2D eigenvalue weighted by Gasteiger charge is -2.32. The standard InChI is InChI=1S/C25H26N2O3S/c1-17(2)20-12-13-23-22(14-20)21-6-4-5-7-24(21)31(29,30)27(23)16-25(28)26-15-19-10-8-18(3)9-11-19/h4-14,17H,15-16H2,1-3H3,(H,26,28). The molecule has 0 saturated heterocycles. The first-order chi connectivity index (χ1) is 14.8. The fraction of sp³-hybridized carbons (Fsp3) is 0.240. The zero-order chi connectivity index (χ0) is 22.2. The molecule has 0 unspecified atom stereocenters. The third-order valence-electron chi connectivity index (χ3n) is 5.60. The predicted octanol–water partition coefficient (Wildman–Crippen LogP) is 4.61. The van der Waals surface area contributed by atoms with Crippen molar-refractivity contribution in [2.24, 2.45) is 0 Å². The number of anilines is 1. The maximum atomic E-state index is 13.4. The summed E-state index contributed by atoms with van der Waals surface area (Å²) in [7, 11) is -3.84. The number of carbonyl (C=O) groups excluding carboxylic acids is 1. The summed E-state index contributed by atoms with van der Waals surface area (Å²) >= 11 is 0. The zero-order valence-corrected chi connectivity index (χ0v) is 18.7. The smallest absolute Gasteiger partial charge is 0.265 e. The van der Waals surface area contributed by atoms with Crippen LogP contribution in [0.4, 0.5) is 5.69 Å². The van der Waals surface area contributed by atoms with Crippen LogP contribution in [-0.4, -0.2) is 20.9 Å². The molecule has 0 aliphatic carbocycles. The van der Waals surface area contributed by atoms with Crippen LogP contribution in [0.3, 0.4) is 0 Å². The van der Waals surface area contributed by atoms with E-state index in [1.54, 1.807) is 12.1 Å². The number of sulfonamides is 1. The fourth-order valence-corrected chi connectivity index (χ4v) is 5.42. The largest absolute Gasteiger partial charge is 0.350 e. The molecule has 0 saturated carbocycles. The lowest BCUT2D eigenvalue weighted by atomic mass is 9.95. The van der Waals surface area contributed by atoms with Gasteiger partial charge in [-0.15, -0.1) is 0 Å². The Kier molecular flexibility index (Phi) is 5.58. The molecule has 1 amide bonds. The van der Waals surface area contributed by atoms with Crippen molar-refractivity contribution < 1.29 is 13.2 Å². The van der Waals surface area contributed by atoms with Crippen molar-refractivity contribution in [3.63, 3.8) is 0 Å². The zero-order valence-electron chi connectivity index (χ0n) is 17.9. The third kappa shape index (κ3) is 4.08. The van der Waals surface area contributed by atoms with Gasteiger partial charge in [-0.05, 0) is 42.2 Å². The minimum atomic E-state index is -3.84. The van der Waals surface area contributed by atoms with Crippen LogP contribution >= 0.6 is 0 Å². The van der Waals surface area contributed by atoms with Crippen LogP contribution in [0.1, 0.15) is 36.5 Å². The van der Waals surface area contributed by atoms with E-state index < -0.39 is 10.0 Å². The number of carbonyl (C=O) groups is 1. The summed E-state index contributed by atoms with van der Waals surface area (Å²) in [5.41, 5.74) is 5.28. The molecule has 160 valence electrons. The Morgan fingerprint density at radius 3 is 2.39 bits per heavy atom. The Morgan fingerprint density at radius 1 is 0.968 bits per heavy atom. The van der Waals surface area contributed by atoms with Gasteiger partial charge in [-0.25, -0.2) is 8.42 Å². The molecule has 1 aliphatic heterocycles. The van der Waals surface area contributed by atoms with E-state index in [0.29, 0.717) is 23.7 Å². The summed E-state index contributed by atoms with van der Waals surface area (Å²) in [4.78, 5) is 13.0. The normalized spacial score (nSPS) is 14.1. The number of aryl methyl sites for hydroxylation is 1. The van der Waals surface area contributed by atoms with Crippen LogP contribution in [0, 0.1) is 6.92 Å². The molecule has 5 nitrogen and oxygen atoms in total. The van der Waals surface area contributed by atoms with E-state index in [-0.39, 0.29) is 17.3 Å². The quantitative estimate of drug-likeness (QED) is 0.638. The maximum Gasteiger partial charge on any atom is 0.265 e. The number of nitrogens with zero attached hydrogens (tertiary/aromatic N) is 1. The van der Waals surface area contributed by atoms with Crippen molar-refractivity contribution in [2.45, 2.75) is 38.1 Å². The second-order valence-electron chi connectivity index (χ2n) is 8.20. The second kappa shape index (κ2) is 8.19.